The van der Waals surface area contributed by atoms with E-state index in [4.69, 9.17) is 0 Å². The first-order valence-electron chi connectivity index (χ1n) is 3.92. The molecule has 1 rings (SSSR count). The fraction of sp³-hybridized carbons (Fsp3) is 0.500. The Bertz CT molecular complexity index is 365. The number of nitrogens with zero attached hydrogens (tertiary/aromatic N) is 3. The average molecular weight is 221 g/mol. The van der Waals surface area contributed by atoms with Gasteiger partial charge in [-0.15, -0.1) is 0 Å². The standard InChI is InChI=1S/C6H7BF3N3O2/c1-3(6(8,9)10)13-4(5(14)15-7)11-2-12-13/h2-3H,7H2,1H3/t3-/m1/s1. The molecule has 9 heteroatoms. The summed E-state index contributed by atoms with van der Waals surface area (Å²) in [4.78, 5) is 14.4. The van der Waals surface area contributed by atoms with Gasteiger partial charge in [-0.1, -0.05) is 0 Å². The first kappa shape index (κ1) is 11.5. The molecule has 15 heavy (non-hydrogen) atoms. The summed E-state index contributed by atoms with van der Waals surface area (Å²) in [5.74, 6) is -1.43. The van der Waals surface area contributed by atoms with Crippen LogP contribution < -0.4 is 0 Å². The van der Waals surface area contributed by atoms with E-state index in [2.05, 4.69) is 14.7 Å². The molecule has 0 spiro atoms. The Hall–Kier alpha value is -1.54. The molecule has 0 amide bonds. The van der Waals surface area contributed by atoms with E-state index in [0.717, 1.165) is 21.3 Å². The molecule has 0 N–H and O–H groups in total. The van der Waals surface area contributed by atoms with Crippen LogP contribution in [-0.2, 0) is 4.65 Å². The maximum atomic E-state index is 12.3. The number of carbonyl (C=O) groups excluding carboxylic acids is 1. The quantitative estimate of drug-likeness (QED) is 0.664. The van der Waals surface area contributed by atoms with Crippen LogP contribution in [0.1, 0.15) is 23.6 Å². The molecule has 82 valence electrons. The number of rotatable bonds is 2. The van der Waals surface area contributed by atoms with E-state index in [9.17, 15) is 18.0 Å². The molecule has 1 aromatic heterocycles. The third-order valence-electron chi connectivity index (χ3n) is 1.78. The highest BCUT2D eigenvalue weighted by molar-refractivity contribution is 6.08. The summed E-state index contributed by atoms with van der Waals surface area (Å²) in [6.07, 6.45) is -3.62. The van der Waals surface area contributed by atoms with Gasteiger partial charge in [-0.3, -0.25) is 0 Å². The van der Waals surface area contributed by atoms with Crippen molar-refractivity contribution in [1.82, 2.24) is 14.8 Å². The zero-order valence-electron chi connectivity index (χ0n) is 7.95. The second-order valence-corrected chi connectivity index (χ2v) is 2.74. The SMILES string of the molecule is BOC(=O)c1ncnn1[C@H](C)C(F)(F)F. The highest BCUT2D eigenvalue weighted by atomic mass is 19.4. The summed E-state index contributed by atoms with van der Waals surface area (Å²) >= 11 is 0. The summed E-state index contributed by atoms with van der Waals surface area (Å²) in [5.41, 5.74) is 0. The van der Waals surface area contributed by atoms with Crippen molar-refractivity contribution in [3.63, 3.8) is 0 Å². The lowest BCUT2D eigenvalue weighted by Crippen LogP contribution is -2.28. The lowest BCUT2D eigenvalue weighted by molar-refractivity contribution is -0.165. The van der Waals surface area contributed by atoms with E-state index in [1.165, 1.54) is 0 Å². The van der Waals surface area contributed by atoms with Crippen LogP contribution in [0, 0.1) is 0 Å². The largest absolute Gasteiger partial charge is 0.538 e. The zero-order valence-corrected chi connectivity index (χ0v) is 7.95. The van der Waals surface area contributed by atoms with Crippen LogP contribution in [0.25, 0.3) is 0 Å². The highest BCUT2D eigenvalue weighted by Gasteiger charge is 2.40. The van der Waals surface area contributed by atoms with Crippen molar-refractivity contribution in [1.29, 1.82) is 0 Å². The normalized spacial score (nSPS) is 13.6. The van der Waals surface area contributed by atoms with Crippen molar-refractivity contribution in [2.24, 2.45) is 0 Å². The zero-order chi connectivity index (χ0) is 11.6. The molecule has 0 aliphatic carbocycles. The van der Waals surface area contributed by atoms with Gasteiger partial charge in [-0.05, 0) is 6.92 Å². The summed E-state index contributed by atoms with van der Waals surface area (Å²) in [6, 6.07) is -1.92. The predicted octanol–water partition coefficient (Wildman–Crippen LogP) is 0.106. The van der Waals surface area contributed by atoms with Gasteiger partial charge in [0.15, 0.2) is 0 Å². The average Bonchev–Trinajstić information content (AvgIpc) is 2.62. The van der Waals surface area contributed by atoms with Gasteiger partial charge >= 0.3 is 20.2 Å². The maximum Gasteiger partial charge on any atom is 0.410 e. The molecule has 0 aliphatic heterocycles. The second kappa shape index (κ2) is 3.91. The third-order valence-corrected chi connectivity index (χ3v) is 1.78. The third kappa shape index (κ3) is 2.28. The van der Waals surface area contributed by atoms with Crippen LogP contribution in [0.2, 0.25) is 0 Å². The first-order chi connectivity index (χ1) is 6.88. The number of alkyl halides is 3. The number of hydrogen-bond donors (Lipinski definition) is 0. The smallest absolute Gasteiger partial charge is 0.410 e. The van der Waals surface area contributed by atoms with Crippen LogP contribution in [0.3, 0.4) is 0 Å². The molecule has 0 unspecified atom stereocenters. The van der Waals surface area contributed by atoms with Crippen molar-refractivity contribution >= 4 is 14.0 Å². The Labute approximate surface area is 83.7 Å². The second-order valence-electron chi connectivity index (χ2n) is 2.74. The molecule has 0 saturated carbocycles. The van der Waals surface area contributed by atoms with Gasteiger partial charge in [0.05, 0.1) is 0 Å². The maximum absolute atomic E-state index is 12.3. The molecule has 1 aromatic rings. The van der Waals surface area contributed by atoms with Crippen LogP contribution in [0.4, 0.5) is 13.2 Å². The van der Waals surface area contributed by atoms with E-state index in [0.29, 0.717) is 4.68 Å². The summed E-state index contributed by atoms with van der Waals surface area (Å²) in [5, 5.41) is 3.34. The topological polar surface area (TPSA) is 57.0 Å². The molecule has 1 atom stereocenters. The van der Waals surface area contributed by atoms with Gasteiger partial charge in [-0.25, -0.2) is 14.5 Å². The number of carbonyl (C=O) groups is 1. The number of hydrogen-bond acceptors (Lipinski definition) is 4. The minimum Gasteiger partial charge on any atom is -0.538 e. The molecule has 0 aromatic carbocycles. The molecule has 5 nitrogen and oxygen atoms in total. The van der Waals surface area contributed by atoms with Crippen LogP contribution in [0.5, 0.6) is 0 Å². The molecule has 0 fully saturated rings. The highest BCUT2D eigenvalue weighted by Crippen LogP contribution is 2.29. The Morgan fingerprint density at radius 2 is 2.27 bits per heavy atom. The fourth-order valence-corrected chi connectivity index (χ4v) is 0.910. The van der Waals surface area contributed by atoms with Crippen LogP contribution in [0.15, 0.2) is 6.33 Å². The van der Waals surface area contributed by atoms with Gasteiger partial charge in [0.25, 0.3) is 0 Å². The van der Waals surface area contributed by atoms with Gasteiger partial charge in [0.1, 0.15) is 12.4 Å². The Morgan fingerprint density at radius 3 is 2.73 bits per heavy atom. The minimum absolute atomic E-state index is 0.470. The molecular formula is C6H7BF3N3O2. The van der Waals surface area contributed by atoms with Crippen LogP contribution in [-0.4, -0.2) is 35.0 Å². The lowest BCUT2D eigenvalue weighted by Gasteiger charge is -2.16. The Kier molecular flexibility index (Phi) is 3.01. The molecular weight excluding hydrogens is 214 g/mol. The summed E-state index contributed by atoms with van der Waals surface area (Å²) in [7, 11) is 1.06. The number of aromatic nitrogens is 3. The fourth-order valence-electron chi connectivity index (χ4n) is 0.910. The molecule has 1 heterocycles. The van der Waals surface area contributed by atoms with Gasteiger partial charge < -0.3 is 4.65 Å². The van der Waals surface area contributed by atoms with Crippen molar-refractivity contribution in [2.45, 2.75) is 19.1 Å². The summed E-state index contributed by atoms with van der Waals surface area (Å²) < 4.78 is 41.7. The first-order valence-corrected chi connectivity index (χ1v) is 3.92. The van der Waals surface area contributed by atoms with Gasteiger partial charge in [0.2, 0.25) is 5.82 Å². The molecule has 0 aliphatic rings. The van der Waals surface area contributed by atoms with Crippen molar-refractivity contribution in [3.8, 4) is 0 Å². The van der Waals surface area contributed by atoms with E-state index in [1.54, 1.807) is 0 Å². The molecule has 0 bridgehead atoms. The summed E-state index contributed by atoms with van der Waals surface area (Å²) in [6.45, 7) is 0.876. The van der Waals surface area contributed by atoms with E-state index in [1.807, 2.05) is 0 Å². The Morgan fingerprint density at radius 1 is 1.67 bits per heavy atom. The van der Waals surface area contributed by atoms with E-state index >= 15 is 0 Å². The number of halogens is 3. The van der Waals surface area contributed by atoms with Crippen LogP contribution >= 0.6 is 0 Å². The monoisotopic (exact) mass is 221 g/mol. The molecule has 0 saturated heterocycles. The predicted molar refractivity (Wildman–Crippen MR) is 44.7 cm³/mol. The van der Waals surface area contributed by atoms with Crippen molar-refractivity contribution in [3.05, 3.63) is 12.2 Å². The van der Waals surface area contributed by atoms with Gasteiger partial charge in [0, 0.05) is 0 Å². The lowest BCUT2D eigenvalue weighted by atomic mass is 10.3. The van der Waals surface area contributed by atoms with E-state index < -0.39 is 24.0 Å². The molecule has 0 radical (unpaired) electrons. The Balaban J connectivity index is 3.05. The van der Waals surface area contributed by atoms with E-state index in [-0.39, 0.29) is 0 Å². The minimum atomic E-state index is -4.49. The van der Waals surface area contributed by atoms with Gasteiger partial charge in [-0.2, -0.15) is 18.3 Å². The van der Waals surface area contributed by atoms with Crippen molar-refractivity contribution < 1.29 is 22.6 Å². The van der Waals surface area contributed by atoms with Crippen molar-refractivity contribution in [2.75, 3.05) is 0 Å².